The van der Waals surface area contributed by atoms with Crippen LogP contribution in [0.1, 0.15) is 0 Å². The average Bonchev–Trinajstić information content (AvgIpc) is 3.06. The SMILES string of the molecule is OP(O)(O)(c1ccccc1)c1ccc(Cl)cc1-c1ccccc1.OP(O)Oc1cccc(-c2ccc(Cl)cc2)c1-c1ccc(Cl)cc1. The van der Waals surface area contributed by atoms with Gasteiger partial charge in [0.25, 0.3) is 0 Å². The van der Waals surface area contributed by atoms with Crippen molar-refractivity contribution >= 4 is 61.3 Å². The molecule has 0 atom stereocenters. The minimum Gasteiger partial charge on any atom is -0.426 e. The second kappa shape index (κ2) is 14.8. The van der Waals surface area contributed by atoms with Crippen LogP contribution in [0.25, 0.3) is 33.4 Å². The predicted octanol–water partition coefficient (Wildman–Crippen LogP) is 9.15. The third-order valence-corrected chi connectivity index (χ3v) is 10.8. The molecule has 0 aliphatic carbocycles. The van der Waals surface area contributed by atoms with Crippen LogP contribution >= 0.6 is 50.7 Å². The standard InChI is InChI=1S/C18H13Cl2O3P.C18H16ClO3P/c19-14-8-4-12(5-9-14)16-2-1-3-17(23-24(21)22)18(16)13-6-10-15(20)11-7-13;19-15-11-12-18(17(13-15)14-7-3-1-4-8-14)23(20,21,22)16-9-5-2-6-10-16/h1-11,21-22H;1-13,20-22H. The maximum Gasteiger partial charge on any atom is 0.391 e. The summed E-state index contributed by atoms with van der Waals surface area (Å²) in [6, 6.07) is 42.0. The maximum absolute atomic E-state index is 10.9. The van der Waals surface area contributed by atoms with Crippen LogP contribution in [0.15, 0.2) is 146 Å². The summed E-state index contributed by atoms with van der Waals surface area (Å²) in [7, 11) is -7.78. The summed E-state index contributed by atoms with van der Waals surface area (Å²) in [4.78, 5) is 51.1. The van der Waals surface area contributed by atoms with Gasteiger partial charge in [0.15, 0.2) is 0 Å². The van der Waals surface area contributed by atoms with Crippen molar-refractivity contribution in [1.29, 1.82) is 0 Å². The number of halogens is 3. The Morgan fingerprint density at radius 3 is 1.57 bits per heavy atom. The van der Waals surface area contributed by atoms with Crippen LogP contribution in [0.5, 0.6) is 5.75 Å². The summed E-state index contributed by atoms with van der Waals surface area (Å²) in [5, 5.41) is 1.87. The van der Waals surface area contributed by atoms with E-state index >= 15 is 0 Å². The Kier molecular flexibility index (Phi) is 11.0. The molecule has 0 spiro atoms. The fraction of sp³-hybridized carbons (Fsp3) is 0. The van der Waals surface area contributed by atoms with Gasteiger partial charge in [-0.05, 0) is 47.0 Å². The third-order valence-electron chi connectivity index (χ3n) is 7.21. The molecule has 6 aromatic carbocycles. The fourth-order valence-corrected chi connectivity index (χ4v) is 7.78. The molecule has 240 valence electrons. The topological polar surface area (TPSA) is 110 Å². The molecular formula is C36H29Cl3O6P2. The van der Waals surface area contributed by atoms with Crippen LogP contribution in [-0.4, -0.2) is 24.5 Å². The van der Waals surface area contributed by atoms with Gasteiger partial charge in [-0.15, -0.1) is 0 Å². The molecule has 6 nitrogen and oxygen atoms in total. The van der Waals surface area contributed by atoms with Crippen LogP contribution in [-0.2, 0) is 0 Å². The zero-order valence-electron chi connectivity index (χ0n) is 24.5. The van der Waals surface area contributed by atoms with E-state index in [2.05, 4.69) is 0 Å². The molecule has 0 unspecified atom stereocenters. The minimum absolute atomic E-state index is 0.0674. The van der Waals surface area contributed by atoms with E-state index in [0.29, 0.717) is 26.4 Å². The smallest absolute Gasteiger partial charge is 0.391 e. The van der Waals surface area contributed by atoms with Gasteiger partial charge in [-0.25, -0.2) is 0 Å². The third kappa shape index (κ3) is 8.39. The first-order valence-electron chi connectivity index (χ1n) is 14.1. The van der Waals surface area contributed by atoms with E-state index in [1.54, 1.807) is 60.7 Å². The largest absolute Gasteiger partial charge is 0.426 e. The van der Waals surface area contributed by atoms with Crippen molar-refractivity contribution in [1.82, 2.24) is 0 Å². The predicted molar refractivity (Wildman–Crippen MR) is 195 cm³/mol. The van der Waals surface area contributed by atoms with E-state index in [-0.39, 0.29) is 10.6 Å². The van der Waals surface area contributed by atoms with Gasteiger partial charge in [0.05, 0.1) is 0 Å². The molecule has 0 heterocycles. The molecule has 0 bridgehead atoms. The van der Waals surface area contributed by atoms with Crippen LogP contribution in [0.2, 0.25) is 15.1 Å². The van der Waals surface area contributed by atoms with Gasteiger partial charge < -0.3 is 14.3 Å². The van der Waals surface area contributed by atoms with E-state index in [1.807, 2.05) is 60.7 Å². The van der Waals surface area contributed by atoms with Gasteiger partial charge in [-0.1, -0.05) is 59.6 Å². The Labute approximate surface area is 288 Å². The number of rotatable bonds is 7. The van der Waals surface area contributed by atoms with Crippen LogP contribution in [0.4, 0.5) is 0 Å². The summed E-state index contributed by atoms with van der Waals surface area (Å²) >= 11 is 18.0. The molecule has 6 rings (SSSR count). The molecule has 0 aromatic heterocycles. The first kappa shape index (κ1) is 35.0. The van der Waals surface area contributed by atoms with Crippen molar-refractivity contribution in [2.75, 3.05) is 0 Å². The number of hydrogen-bond donors (Lipinski definition) is 5. The molecule has 0 saturated heterocycles. The molecular weight excluding hydrogens is 697 g/mol. The van der Waals surface area contributed by atoms with Gasteiger partial charge in [-0.3, -0.25) is 0 Å². The van der Waals surface area contributed by atoms with Gasteiger partial charge in [0, 0.05) is 15.6 Å². The molecule has 0 radical (unpaired) electrons. The maximum atomic E-state index is 10.9. The fourth-order valence-electron chi connectivity index (χ4n) is 5.04. The first-order valence-corrected chi connectivity index (χ1v) is 18.5. The van der Waals surface area contributed by atoms with Crippen molar-refractivity contribution in [3.05, 3.63) is 161 Å². The van der Waals surface area contributed by atoms with Crippen molar-refractivity contribution in [2.24, 2.45) is 0 Å². The van der Waals surface area contributed by atoms with Gasteiger partial charge in [0.1, 0.15) is 5.75 Å². The summed E-state index contributed by atoms with van der Waals surface area (Å²) < 4.78 is 5.23. The monoisotopic (exact) mass is 724 g/mol. The number of hydrogen-bond acceptors (Lipinski definition) is 6. The summed E-state index contributed by atoms with van der Waals surface area (Å²) in [6.07, 6.45) is 0. The first-order chi connectivity index (χ1) is 22.4. The second-order valence-corrected chi connectivity index (χ2v) is 15.3. The number of benzene rings is 6. The van der Waals surface area contributed by atoms with E-state index < -0.39 is 15.9 Å². The average molecular weight is 726 g/mol. The molecule has 47 heavy (non-hydrogen) atoms. The zero-order valence-corrected chi connectivity index (χ0v) is 28.6. The van der Waals surface area contributed by atoms with Crippen molar-refractivity contribution in [3.8, 4) is 39.1 Å². The Balaban J connectivity index is 0.000000185. The van der Waals surface area contributed by atoms with E-state index in [9.17, 15) is 24.5 Å². The Hall–Kier alpha value is -3.35. The Morgan fingerprint density at radius 2 is 1.00 bits per heavy atom. The normalized spacial score (nSPS) is 12.1. The van der Waals surface area contributed by atoms with Gasteiger partial charge in [-0.2, -0.15) is 0 Å². The molecule has 5 N–H and O–H groups in total. The summed E-state index contributed by atoms with van der Waals surface area (Å²) in [5.74, 6) is 0.390. The van der Waals surface area contributed by atoms with E-state index in [1.165, 1.54) is 24.3 Å². The molecule has 0 aliphatic heterocycles. The summed E-state index contributed by atoms with van der Waals surface area (Å²) in [6.45, 7) is 0. The summed E-state index contributed by atoms with van der Waals surface area (Å²) in [5.41, 5.74) is 4.68. The minimum atomic E-state index is -5.25. The van der Waals surface area contributed by atoms with Crippen molar-refractivity contribution in [3.63, 3.8) is 0 Å². The van der Waals surface area contributed by atoms with Crippen molar-refractivity contribution in [2.45, 2.75) is 0 Å². The molecule has 0 amide bonds. The van der Waals surface area contributed by atoms with Crippen molar-refractivity contribution < 1.29 is 29.0 Å². The van der Waals surface area contributed by atoms with Crippen LogP contribution < -0.4 is 15.1 Å². The quantitative estimate of drug-likeness (QED) is 0.105. The molecule has 0 saturated carbocycles. The van der Waals surface area contributed by atoms with Gasteiger partial charge in [0.2, 0.25) is 0 Å². The molecule has 6 aromatic rings. The molecule has 0 fully saturated rings. The van der Waals surface area contributed by atoms with E-state index in [0.717, 1.165) is 27.8 Å². The zero-order chi connectivity index (χ0) is 33.6. The van der Waals surface area contributed by atoms with E-state index in [4.69, 9.17) is 39.3 Å². The Morgan fingerprint density at radius 1 is 0.489 bits per heavy atom. The molecule has 0 aliphatic rings. The second-order valence-electron chi connectivity index (χ2n) is 10.4. The van der Waals surface area contributed by atoms with Crippen LogP contribution in [0, 0.1) is 0 Å². The van der Waals surface area contributed by atoms with Gasteiger partial charge >= 0.3 is 148 Å². The Bertz CT molecular complexity index is 1950. The van der Waals surface area contributed by atoms with Crippen LogP contribution in [0.3, 0.4) is 0 Å². The molecule has 11 heteroatoms.